The zero-order valence-corrected chi connectivity index (χ0v) is 9.85. The minimum atomic E-state index is 0.545. The van der Waals surface area contributed by atoms with Gasteiger partial charge >= 0.3 is 0 Å². The fourth-order valence-electron chi connectivity index (χ4n) is 0.880. The highest BCUT2D eigenvalue weighted by molar-refractivity contribution is 9.10. The van der Waals surface area contributed by atoms with E-state index in [1.165, 1.54) is 0 Å². The Morgan fingerprint density at radius 3 is 3.00 bits per heavy atom. The Bertz CT molecular complexity index is 328. The van der Waals surface area contributed by atoms with E-state index in [2.05, 4.69) is 26.2 Å². The number of hydrogen-bond acceptors (Lipinski definition) is 3. The van der Waals surface area contributed by atoms with Gasteiger partial charge in [0.2, 0.25) is 0 Å². The highest BCUT2D eigenvalue weighted by atomic mass is 79.9. The molecule has 0 atom stereocenters. The predicted octanol–water partition coefficient (Wildman–Crippen LogP) is 2.42. The molecule has 0 aliphatic heterocycles. The normalized spacial score (nSPS) is 10.8. The second-order valence-corrected chi connectivity index (χ2v) is 3.89. The van der Waals surface area contributed by atoms with Crippen LogP contribution in [0, 0.1) is 0 Å². The van der Waals surface area contributed by atoms with Gasteiger partial charge in [0, 0.05) is 23.8 Å². The maximum atomic E-state index is 5.94. The topological polar surface area (TPSA) is 50.9 Å². The van der Waals surface area contributed by atoms with Crippen molar-refractivity contribution in [2.75, 3.05) is 18.4 Å². The predicted molar refractivity (Wildman–Crippen MR) is 63.6 cm³/mol. The van der Waals surface area contributed by atoms with Gasteiger partial charge in [-0.1, -0.05) is 23.8 Å². The molecule has 0 aliphatic rings. The molecule has 0 aromatic carbocycles. The Kier molecular flexibility index (Phi) is 4.93. The average molecular weight is 277 g/mol. The number of hydrogen-bond donors (Lipinski definition) is 2. The molecule has 0 fully saturated rings. The quantitative estimate of drug-likeness (QED) is 0.831. The molecule has 3 N–H and O–H groups in total. The second kappa shape index (κ2) is 6.01. The lowest BCUT2D eigenvalue weighted by atomic mass is 10.4. The van der Waals surface area contributed by atoms with Crippen LogP contribution >= 0.6 is 27.5 Å². The van der Waals surface area contributed by atoms with E-state index in [9.17, 15) is 0 Å². The van der Waals surface area contributed by atoms with Crippen molar-refractivity contribution in [2.45, 2.75) is 0 Å². The highest BCUT2D eigenvalue weighted by Crippen LogP contribution is 2.22. The number of nitrogens with one attached hydrogen (secondary N) is 1. The van der Waals surface area contributed by atoms with Crippen LogP contribution in [-0.2, 0) is 0 Å². The van der Waals surface area contributed by atoms with E-state index < -0.39 is 0 Å². The van der Waals surface area contributed by atoms with E-state index in [4.69, 9.17) is 17.3 Å². The van der Waals surface area contributed by atoms with Crippen LogP contribution in [-0.4, -0.2) is 18.1 Å². The molecule has 76 valence electrons. The van der Waals surface area contributed by atoms with Crippen LogP contribution in [0.15, 0.2) is 28.9 Å². The minimum absolute atomic E-state index is 0.545. The Balaban J connectivity index is 2.55. The Morgan fingerprint density at radius 2 is 2.36 bits per heavy atom. The number of nitrogens with zero attached hydrogens (tertiary/aromatic N) is 1. The van der Waals surface area contributed by atoms with Crippen molar-refractivity contribution >= 4 is 33.3 Å². The van der Waals surface area contributed by atoms with Gasteiger partial charge in [-0.3, -0.25) is 0 Å². The molecule has 5 heteroatoms. The van der Waals surface area contributed by atoms with Gasteiger partial charge in [0.25, 0.3) is 0 Å². The SMILES string of the molecule is NC/C=C/CNc1ncc(Br)cc1Cl. The molecule has 1 heterocycles. The number of aromatic nitrogens is 1. The lowest BCUT2D eigenvalue weighted by Gasteiger charge is -2.04. The van der Waals surface area contributed by atoms with E-state index in [0.29, 0.717) is 23.9 Å². The molecule has 0 amide bonds. The molecule has 14 heavy (non-hydrogen) atoms. The van der Waals surface area contributed by atoms with Crippen molar-refractivity contribution in [3.05, 3.63) is 33.9 Å². The van der Waals surface area contributed by atoms with Gasteiger partial charge < -0.3 is 11.1 Å². The second-order valence-electron chi connectivity index (χ2n) is 2.57. The molecular weight excluding hydrogens is 265 g/mol. The van der Waals surface area contributed by atoms with Crippen LogP contribution < -0.4 is 11.1 Å². The zero-order chi connectivity index (χ0) is 10.4. The number of nitrogens with two attached hydrogens (primary N) is 1. The summed E-state index contributed by atoms with van der Waals surface area (Å²) in [6.45, 7) is 1.22. The fraction of sp³-hybridized carbons (Fsp3) is 0.222. The third-order valence-electron chi connectivity index (χ3n) is 1.50. The van der Waals surface area contributed by atoms with Gasteiger partial charge in [0.1, 0.15) is 5.82 Å². The molecule has 0 aliphatic carbocycles. The third-order valence-corrected chi connectivity index (χ3v) is 2.22. The highest BCUT2D eigenvalue weighted by Gasteiger charge is 1.99. The first-order valence-electron chi connectivity index (χ1n) is 4.14. The monoisotopic (exact) mass is 275 g/mol. The van der Waals surface area contributed by atoms with Crippen LogP contribution in [0.5, 0.6) is 0 Å². The molecule has 0 unspecified atom stereocenters. The van der Waals surface area contributed by atoms with Crippen molar-refractivity contribution in [1.29, 1.82) is 0 Å². The first kappa shape index (κ1) is 11.5. The molecule has 1 aromatic heterocycles. The summed E-state index contributed by atoms with van der Waals surface area (Å²) in [6, 6.07) is 1.80. The number of halogens is 2. The number of anilines is 1. The van der Waals surface area contributed by atoms with E-state index in [1.54, 1.807) is 12.3 Å². The summed E-state index contributed by atoms with van der Waals surface area (Å²) in [5.41, 5.74) is 5.30. The van der Waals surface area contributed by atoms with E-state index >= 15 is 0 Å². The van der Waals surface area contributed by atoms with Crippen molar-refractivity contribution in [3.63, 3.8) is 0 Å². The maximum Gasteiger partial charge on any atom is 0.145 e. The molecule has 0 radical (unpaired) electrons. The summed E-state index contributed by atoms with van der Waals surface area (Å²) in [6.07, 6.45) is 5.50. The van der Waals surface area contributed by atoms with E-state index in [-0.39, 0.29) is 0 Å². The lowest BCUT2D eigenvalue weighted by Crippen LogP contribution is -2.02. The van der Waals surface area contributed by atoms with Crippen LogP contribution in [0.4, 0.5) is 5.82 Å². The van der Waals surface area contributed by atoms with Crippen LogP contribution in [0.3, 0.4) is 0 Å². The molecular formula is C9H11BrClN3. The zero-order valence-electron chi connectivity index (χ0n) is 7.50. The summed E-state index contributed by atoms with van der Waals surface area (Å²) < 4.78 is 0.866. The minimum Gasteiger partial charge on any atom is -0.365 e. The van der Waals surface area contributed by atoms with E-state index in [0.717, 1.165) is 4.47 Å². The third kappa shape index (κ3) is 3.65. The Hall–Kier alpha value is -0.580. The van der Waals surface area contributed by atoms with Crippen molar-refractivity contribution in [1.82, 2.24) is 4.98 Å². The molecule has 0 spiro atoms. The van der Waals surface area contributed by atoms with Crippen molar-refractivity contribution in [2.24, 2.45) is 5.73 Å². The molecule has 1 aromatic rings. The van der Waals surface area contributed by atoms with Gasteiger partial charge in [0.05, 0.1) is 5.02 Å². The van der Waals surface area contributed by atoms with Crippen molar-refractivity contribution < 1.29 is 0 Å². The summed E-state index contributed by atoms with van der Waals surface area (Å²) >= 11 is 9.22. The Morgan fingerprint density at radius 1 is 1.57 bits per heavy atom. The lowest BCUT2D eigenvalue weighted by molar-refractivity contribution is 1.19. The van der Waals surface area contributed by atoms with Crippen molar-refractivity contribution in [3.8, 4) is 0 Å². The molecule has 0 saturated carbocycles. The van der Waals surface area contributed by atoms with Crippen LogP contribution in [0.1, 0.15) is 0 Å². The first-order chi connectivity index (χ1) is 6.74. The van der Waals surface area contributed by atoms with Gasteiger partial charge in [-0.15, -0.1) is 0 Å². The molecule has 0 saturated heterocycles. The van der Waals surface area contributed by atoms with Gasteiger partial charge in [-0.25, -0.2) is 4.98 Å². The summed E-state index contributed by atoms with van der Waals surface area (Å²) in [5, 5.41) is 3.67. The standard InChI is InChI=1S/C9H11BrClN3/c10-7-5-8(11)9(14-6-7)13-4-2-1-3-12/h1-2,5-6H,3-4,12H2,(H,13,14)/b2-1+. The smallest absolute Gasteiger partial charge is 0.145 e. The van der Waals surface area contributed by atoms with Gasteiger partial charge in [-0.2, -0.15) is 0 Å². The Labute approximate surface area is 96.5 Å². The van der Waals surface area contributed by atoms with E-state index in [1.807, 2.05) is 12.2 Å². The van der Waals surface area contributed by atoms with Gasteiger partial charge in [0.15, 0.2) is 0 Å². The number of rotatable bonds is 4. The molecule has 1 rings (SSSR count). The molecule has 3 nitrogen and oxygen atoms in total. The first-order valence-corrected chi connectivity index (χ1v) is 5.31. The summed E-state index contributed by atoms with van der Waals surface area (Å²) in [7, 11) is 0. The number of pyridine rings is 1. The van der Waals surface area contributed by atoms with Gasteiger partial charge in [-0.05, 0) is 22.0 Å². The van der Waals surface area contributed by atoms with Crippen LogP contribution in [0.2, 0.25) is 5.02 Å². The maximum absolute atomic E-state index is 5.94. The van der Waals surface area contributed by atoms with Crippen LogP contribution in [0.25, 0.3) is 0 Å². The average Bonchev–Trinajstić information content (AvgIpc) is 2.15. The largest absolute Gasteiger partial charge is 0.365 e. The summed E-state index contributed by atoms with van der Waals surface area (Å²) in [5.74, 6) is 0.677. The molecule has 0 bridgehead atoms. The fourth-order valence-corrected chi connectivity index (χ4v) is 1.58. The summed E-state index contributed by atoms with van der Waals surface area (Å²) in [4.78, 5) is 4.12.